The first-order valence-corrected chi connectivity index (χ1v) is 4.90. The van der Waals surface area contributed by atoms with E-state index in [2.05, 4.69) is 5.32 Å². The van der Waals surface area contributed by atoms with E-state index in [1.807, 2.05) is 13.0 Å². The van der Waals surface area contributed by atoms with Gasteiger partial charge >= 0.3 is 5.97 Å². The fourth-order valence-corrected chi connectivity index (χ4v) is 1.79. The highest BCUT2D eigenvalue weighted by Gasteiger charge is 2.24. The second-order valence-corrected chi connectivity index (χ2v) is 3.85. The molecular weight excluding hydrogens is 194 g/mol. The van der Waals surface area contributed by atoms with Gasteiger partial charge in [-0.3, -0.25) is 0 Å². The molecule has 0 spiro atoms. The molecule has 1 atom stereocenters. The maximum atomic E-state index is 10.9. The number of nitrogens with one attached hydrogen (secondary N) is 1. The molecule has 4 heteroatoms. The Morgan fingerprint density at radius 1 is 1.53 bits per heavy atom. The van der Waals surface area contributed by atoms with E-state index in [0.29, 0.717) is 5.56 Å². The zero-order valence-corrected chi connectivity index (χ0v) is 8.45. The van der Waals surface area contributed by atoms with E-state index >= 15 is 0 Å². The van der Waals surface area contributed by atoms with E-state index in [1.165, 1.54) is 6.07 Å². The van der Waals surface area contributed by atoms with Crippen molar-refractivity contribution in [3.63, 3.8) is 0 Å². The van der Waals surface area contributed by atoms with E-state index in [1.54, 1.807) is 0 Å². The van der Waals surface area contributed by atoms with Gasteiger partial charge in [0.15, 0.2) is 0 Å². The molecule has 1 heterocycles. The first kappa shape index (κ1) is 9.98. The predicted molar refractivity (Wildman–Crippen MR) is 55.2 cm³/mol. The van der Waals surface area contributed by atoms with Crippen LogP contribution in [0.25, 0.3) is 0 Å². The smallest absolute Gasteiger partial charge is 0.339 e. The highest BCUT2D eigenvalue weighted by atomic mass is 16.4. The van der Waals surface area contributed by atoms with Gasteiger partial charge in [-0.15, -0.1) is 0 Å². The van der Waals surface area contributed by atoms with Crippen molar-refractivity contribution in [2.75, 3.05) is 6.54 Å². The van der Waals surface area contributed by atoms with Crippen LogP contribution in [0.15, 0.2) is 12.1 Å². The van der Waals surface area contributed by atoms with Gasteiger partial charge in [-0.2, -0.15) is 0 Å². The lowest BCUT2D eigenvalue weighted by Crippen LogP contribution is -2.35. The molecule has 1 aromatic carbocycles. The Morgan fingerprint density at radius 2 is 2.20 bits per heavy atom. The Morgan fingerprint density at radius 3 is 2.67 bits per heavy atom. The number of carbonyl (C=O) groups is 1. The van der Waals surface area contributed by atoms with Crippen LogP contribution in [0.1, 0.15) is 33.9 Å². The van der Waals surface area contributed by atoms with Crippen molar-refractivity contribution in [3.05, 3.63) is 28.8 Å². The molecule has 1 fully saturated rings. The summed E-state index contributed by atoms with van der Waals surface area (Å²) in [5.41, 5.74) is 1.53. The van der Waals surface area contributed by atoms with Crippen LogP contribution in [0.5, 0.6) is 5.75 Å². The van der Waals surface area contributed by atoms with Crippen LogP contribution in [0.3, 0.4) is 0 Å². The van der Waals surface area contributed by atoms with Crippen molar-refractivity contribution in [3.8, 4) is 5.75 Å². The second kappa shape index (κ2) is 3.55. The highest BCUT2D eigenvalue weighted by Crippen LogP contribution is 2.33. The third-order valence-corrected chi connectivity index (χ3v) is 2.71. The Balaban J connectivity index is 2.49. The number of benzene rings is 1. The topological polar surface area (TPSA) is 69.6 Å². The minimum Gasteiger partial charge on any atom is -0.507 e. The minimum absolute atomic E-state index is 0.0151. The average Bonchev–Trinajstić information content (AvgIpc) is 2.07. The third-order valence-electron chi connectivity index (χ3n) is 2.71. The number of carboxylic acid groups (broad SMARTS) is 1. The number of carboxylic acids is 1. The fraction of sp³-hybridized carbons (Fsp3) is 0.364. The van der Waals surface area contributed by atoms with Crippen molar-refractivity contribution >= 4 is 5.97 Å². The van der Waals surface area contributed by atoms with Gasteiger partial charge in [0.05, 0.1) is 0 Å². The molecule has 0 saturated carbocycles. The monoisotopic (exact) mass is 207 g/mol. The average molecular weight is 207 g/mol. The lowest BCUT2D eigenvalue weighted by molar-refractivity contribution is 0.0693. The van der Waals surface area contributed by atoms with Crippen molar-refractivity contribution < 1.29 is 15.0 Å². The molecule has 2 rings (SSSR count). The Labute approximate surface area is 87.6 Å². The first-order chi connectivity index (χ1) is 7.09. The van der Waals surface area contributed by atoms with E-state index in [9.17, 15) is 9.90 Å². The number of aromatic hydroxyl groups is 1. The molecule has 0 aromatic heterocycles. The van der Waals surface area contributed by atoms with Crippen LogP contribution in [0.2, 0.25) is 0 Å². The van der Waals surface area contributed by atoms with E-state index in [-0.39, 0.29) is 17.4 Å². The normalized spacial score (nSPS) is 19.7. The summed E-state index contributed by atoms with van der Waals surface area (Å²) >= 11 is 0. The molecule has 3 N–H and O–H groups in total. The second-order valence-electron chi connectivity index (χ2n) is 3.85. The third kappa shape index (κ3) is 1.68. The Bertz CT molecular complexity index is 411. The molecule has 0 bridgehead atoms. The van der Waals surface area contributed by atoms with Crippen LogP contribution < -0.4 is 5.32 Å². The molecule has 0 amide bonds. The van der Waals surface area contributed by atoms with Crippen molar-refractivity contribution in [1.82, 2.24) is 5.32 Å². The summed E-state index contributed by atoms with van der Waals surface area (Å²) in [6, 6.07) is 3.42. The molecule has 0 unspecified atom stereocenters. The van der Waals surface area contributed by atoms with Crippen LogP contribution in [-0.2, 0) is 0 Å². The van der Waals surface area contributed by atoms with Crippen LogP contribution in [0, 0.1) is 6.92 Å². The predicted octanol–water partition coefficient (Wildman–Crippen LogP) is 1.43. The quantitative estimate of drug-likeness (QED) is 0.686. The van der Waals surface area contributed by atoms with Gasteiger partial charge in [0.1, 0.15) is 11.3 Å². The minimum atomic E-state index is -1.09. The lowest BCUT2D eigenvalue weighted by Gasteiger charge is -2.29. The highest BCUT2D eigenvalue weighted by molar-refractivity contribution is 5.91. The standard InChI is InChI=1S/C11H13NO3/c1-6-4-7(9-2-3-12-9)10(13)8(5-6)11(14)15/h4-5,9,12-13H,2-3H2,1H3,(H,14,15)/t9-/m0/s1. The summed E-state index contributed by atoms with van der Waals surface area (Å²) < 4.78 is 0. The molecule has 1 saturated heterocycles. The SMILES string of the molecule is Cc1cc(C(=O)O)c(O)c([C@@H]2CCN2)c1. The van der Waals surface area contributed by atoms with Gasteiger partial charge in [0.2, 0.25) is 0 Å². The number of rotatable bonds is 2. The summed E-state index contributed by atoms with van der Waals surface area (Å²) in [4.78, 5) is 10.9. The zero-order valence-electron chi connectivity index (χ0n) is 8.45. The van der Waals surface area contributed by atoms with Crippen LogP contribution >= 0.6 is 0 Å². The van der Waals surface area contributed by atoms with E-state index in [4.69, 9.17) is 5.11 Å². The van der Waals surface area contributed by atoms with Gasteiger partial charge in [-0.05, 0) is 31.5 Å². The molecule has 80 valence electrons. The molecular formula is C11H13NO3. The summed E-state index contributed by atoms with van der Waals surface area (Å²) in [6.07, 6.45) is 0.941. The number of aryl methyl sites for hydroxylation is 1. The largest absolute Gasteiger partial charge is 0.507 e. The Kier molecular flexibility index (Phi) is 2.36. The van der Waals surface area contributed by atoms with E-state index in [0.717, 1.165) is 18.5 Å². The zero-order chi connectivity index (χ0) is 11.0. The maximum absolute atomic E-state index is 10.9. The van der Waals surface area contributed by atoms with Gasteiger partial charge in [-0.1, -0.05) is 6.07 Å². The van der Waals surface area contributed by atoms with Crippen LogP contribution in [0.4, 0.5) is 0 Å². The molecule has 0 radical (unpaired) electrons. The van der Waals surface area contributed by atoms with E-state index < -0.39 is 5.97 Å². The summed E-state index contributed by atoms with van der Waals surface area (Å²) in [5, 5.41) is 21.8. The molecule has 4 nitrogen and oxygen atoms in total. The number of aromatic carboxylic acids is 1. The Hall–Kier alpha value is -1.55. The van der Waals surface area contributed by atoms with Crippen molar-refractivity contribution in [2.24, 2.45) is 0 Å². The number of hydrogen-bond donors (Lipinski definition) is 3. The van der Waals surface area contributed by atoms with Gasteiger partial charge < -0.3 is 15.5 Å². The van der Waals surface area contributed by atoms with Crippen molar-refractivity contribution in [2.45, 2.75) is 19.4 Å². The van der Waals surface area contributed by atoms with Gasteiger partial charge in [-0.25, -0.2) is 4.79 Å². The fourth-order valence-electron chi connectivity index (χ4n) is 1.79. The summed E-state index contributed by atoms with van der Waals surface area (Å²) in [5.74, 6) is -1.19. The summed E-state index contributed by atoms with van der Waals surface area (Å²) in [6.45, 7) is 2.74. The molecule has 1 aliphatic heterocycles. The molecule has 15 heavy (non-hydrogen) atoms. The lowest BCUT2D eigenvalue weighted by atomic mass is 9.93. The van der Waals surface area contributed by atoms with Gasteiger partial charge in [0.25, 0.3) is 0 Å². The number of hydrogen-bond acceptors (Lipinski definition) is 3. The summed E-state index contributed by atoms with van der Waals surface area (Å²) in [7, 11) is 0. The van der Waals surface area contributed by atoms with Gasteiger partial charge in [0, 0.05) is 11.6 Å². The number of phenols is 1. The molecule has 1 aromatic rings. The molecule has 0 aliphatic carbocycles. The molecule has 1 aliphatic rings. The first-order valence-electron chi connectivity index (χ1n) is 4.90. The van der Waals surface area contributed by atoms with Crippen molar-refractivity contribution in [1.29, 1.82) is 0 Å². The van der Waals surface area contributed by atoms with Crippen LogP contribution in [-0.4, -0.2) is 22.7 Å². The maximum Gasteiger partial charge on any atom is 0.339 e.